The van der Waals surface area contributed by atoms with Crippen LogP contribution in [-0.2, 0) is 54.4 Å². The molecule has 24 heteroatoms. The number of nitrogens with one attached hydrogen (secondary N) is 7. The van der Waals surface area contributed by atoms with Crippen LogP contribution in [0.4, 0.5) is 0 Å². The van der Waals surface area contributed by atoms with Crippen LogP contribution in [0.2, 0.25) is 0 Å². The van der Waals surface area contributed by atoms with Gasteiger partial charge in [-0.2, -0.15) is 0 Å². The Hall–Kier alpha value is -6.40. The average molecular weight is 979 g/mol. The quantitative estimate of drug-likeness (QED) is 0.0339. The van der Waals surface area contributed by atoms with E-state index in [1.165, 1.54) is 24.3 Å². The number of carboxylic acid groups (broad SMARTS) is 2. The highest BCUT2D eigenvalue weighted by atomic mass is 16.4. The molecule has 1 rings (SSSR count). The Labute approximate surface area is 401 Å². The zero-order chi connectivity index (χ0) is 52.7. The fourth-order valence-corrected chi connectivity index (χ4v) is 6.86. The lowest BCUT2D eigenvalue weighted by molar-refractivity contribution is -0.145. The first kappa shape index (κ1) is 60.6. The van der Waals surface area contributed by atoms with Crippen molar-refractivity contribution in [3.05, 3.63) is 29.8 Å². The number of benzene rings is 1. The second-order valence-corrected chi connectivity index (χ2v) is 18.2. The second-order valence-electron chi connectivity index (χ2n) is 18.2. The van der Waals surface area contributed by atoms with E-state index < -0.39 is 132 Å². The van der Waals surface area contributed by atoms with Gasteiger partial charge in [0.05, 0.1) is 18.6 Å². The molecule has 8 amide bonds. The molecular weight excluding hydrogens is 905 g/mol. The van der Waals surface area contributed by atoms with Crippen LogP contribution in [0.5, 0.6) is 5.75 Å². The highest BCUT2D eigenvalue weighted by Crippen LogP contribution is 2.15. The van der Waals surface area contributed by atoms with Gasteiger partial charge in [-0.25, -0.2) is 4.79 Å². The molecule has 17 N–H and O–H groups in total. The summed E-state index contributed by atoms with van der Waals surface area (Å²) in [6.45, 7) is 11.6. The molecule has 24 nitrogen and oxygen atoms in total. The number of aliphatic carboxylic acids is 2. The van der Waals surface area contributed by atoms with Crippen molar-refractivity contribution in [3.8, 4) is 5.75 Å². The molecule has 0 fully saturated rings. The van der Waals surface area contributed by atoms with Gasteiger partial charge in [0.15, 0.2) is 6.04 Å². The molecule has 0 saturated carbocycles. The van der Waals surface area contributed by atoms with Crippen LogP contribution >= 0.6 is 0 Å². The molecule has 0 aliphatic rings. The summed E-state index contributed by atoms with van der Waals surface area (Å²) < 4.78 is 0. The van der Waals surface area contributed by atoms with E-state index >= 15 is 0 Å². The smallest absolute Gasteiger partial charge is 0.328 e. The number of primary amides is 1. The van der Waals surface area contributed by atoms with Crippen molar-refractivity contribution in [2.45, 2.75) is 161 Å². The number of nitrogens with two attached hydrogens (primary N) is 3. The number of carbonyl (C=O) groups excluding carboxylic acids is 8. The highest BCUT2D eigenvalue weighted by molar-refractivity contribution is 5.99. The van der Waals surface area contributed by atoms with Gasteiger partial charge in [-0.3, -0.25) is 43.2 Å². The van der Waals surface area contributed by atoms with Crippen molar-refractivity contribution in [1.29, 1.82) is 0 Å². The van der Waals surface area contributed by atoms with Crippen LogP contribution in [0.3, 0.4) is 0 Å². The Kier molecular flexibility index (Phi) is 26.5. The zero-order valence-electron chi connectivity index (χ0n) is 40.4. The number of hydrogen-bond donors (Lipinski definition) is 14. The summed E-state index contributed by atoms with van der Waals surface area (Å²) in [6.07, 6.45) is -2.12. The molecule has 9 atom stereocenters. The second kappa shape index (κ2) is 30.2. The Morgan fingerprint density at radius 1 is 0.565 bits per heavy atom. The summed E-state index contributed by atoms with van der Waals surface area (Å²) in [6, 6.07) is -5.96. The molecule has 388 valence electrons. The number of rotatable bonds is 32. The molecular formula is C45H74N10O14. The van der Waals surface area contributed by atoms with Crippen molar-refractivity contribution in [2.75, 3.05) is 6.54 Å². The number of aliphatic hydroxyl groups is 1. The lowest BCUT2D eigenvalue weighted by Gasteiger charge is -2.29. The SMILES string of the molecule is CC(C)C[C@H](NC(=O)[C@H](CCC(=O)O)NC(=O)[C@@H](N)CCCCN)C(=O)N[C@@H](CC(N)=O)C(=O)N[C@@H](CC(C)C)C(=O)N[C@H](C(=O)N[C@@H](Cc1ccc(O)cc1)C(=O)N[C@H](C(=O)O)[C@@H](C)O)C(C)C. The van der Waals surface area contributed by atoms with Gasteiger partial charge in [0.25, 0.3) is 0 Å². The van der Waals surface area contributed by atoms with Crippen LogP contribution in [0, 0.1) is 17.8 Å². The number of amides is 8. The summed E-state index contributed by atoms with van der Waals surface area (Å²) in [5, 5.41) is 55.9. The van der Waals surface area contributed by atoms with E-state index in [0.29, 0.717) is 24.9 Å². The third-order valence-electron chi connectivity index (χ3n) is 10.6. The molecule has 1 aromatic rings. The molecule has 0 aliphatic carbocycles. The summed E-state index contributed by atoms with van der Waals surface area (Å²) in [4.78, 5) is 131. The molecule has 0 spiro atoms. The lowest BCUT2D eigenvalue weighted by Crippen LogP contribution is -2.61. The highest BCUT2D eigenvalue weighted by Gasteiger charge is 2.36. The number of aliphatic hydroxyl groups excluding tert-OH is 1. The van der Waals surface area contributed by atoms with Gasteiger partial charge in [-0.05, 0) is 81.0 Å². The summed E-state index contributed by atoms with van der Waals surface area (Å²) in [7, 11) is 0. The zero-order valence-corrected chi connectivity index (χ0v) is 40.4. The van der Waals surface area contributed by atoms with E-state index in [1.54, 1.807) is 41.5 Å². The first-order valence-electron chi connectivity index (χ1n) is 22.9. The molecule has 0 aliphatic heterocycles. The number of aromatic hydroxyl groups is 1. The van der Waals surface area contributed by atoms with E-state index in [2.05, 4.69) is 37.2 Å². The molecule has 0 saturated heterocycles. The third-order valence-corrected chi connectivity index (χ3v) is 10.6. The molecule has 0 radical (unpaired) electrons. The summed E-state index contributed by atoms with van der Waals surface area (Å²) in [5.41, 5.74) is 17.4. The van der Waals surface area contributed by atoms with Crippen molar-refractivity contribution >= 4 is 59.2 Å². The lowest BCUT2D eigenvalue weighted by atomic mass is 9.98. The fraction of sp³-hybridized carbons (Fsp3) is 0.644. The Balaban J connectivity index is 3.43. The fourth-order valence-electron chi connectivity index (χ4n) is 6.86. The minimum atomic E-state index is -1.75. The van der Waals surface area contributed by atoms with E-state index in [-0.39, 0.29) is 49.7 Å². The number of carbonyl (C=O) groups is 10. The maximum Gasteiger partial charge on any atom is 0.328 e. The Morgan fingerprint density at radius 3 is 1.48 bits per heavy atom. The van der Waals surface area contributed by atoms with Crippen LogP contribution < -0.4 is 54.4 Å². The number of phenolic OH excluding ortho intramolecular Hbond substituents is 1. The average Bonchev–Trinajstić information content (AvgIpc) is 3.24. The van der Waals surface area contributed by atoms with Gasteiger partial charge < -0.3 is 74.8 Å². The predicted molar refractivity (Wildman–Crippen MR) is 250 cm³/mol. The number of carboxylic acids is 2. The van der Waals surface area contributed by atoms with Gasteiger partial charge in [-0.15, -0.1) is 0 Å². The van der Waals surface area contributed by atoms with Crippen LogP contribution in [0.25, 0.3) is 0 Å². The first-order valence-corrected chi connectivity index (χ1v) is 22.9. The van der Waals surface area contributed by atoms with E-state index in [1.807, 2.05) is 0 Å². The molecule has 69 heavy (non-hydrogen) atoms. The molecule has 0 bridgehead atoms. The molecule has 1 aromatic carbocycles. The van der Waals surface area contributed by atoms with Crippen molar-refractivity contribution < 1.29 is 68.4 Å². The maximum atomic E-state index is 14.0. The predicted octanol–water partition coefficient (Wildman–Crippen LogP) is -2.26. The van der Waals surface area contributed by atoms with E-state index in [4.69, 9.17) is 17.2 Å². The van der Waals surface area contributed by atoms with E-state index in [9.17, 15) is 68.4 Å². The standard InChI is InChI=1S/C45H74N10O14/c1-22(2)18-30(50-39(62)29(15-16-35(59)60)49-38(61)28(47)10-8-9-17-46)40(63)52-33(21-34(48)58)41(64)51-31(19-23(3)4)42(65)54-36(24(5)6)44(67)53-32(20-26-11-13-27(57)14-12-26)43(66)55-37(25(7)56)45(68)69/h11-14,22-25,28-33,36-37,56-57H,8-10,15-21,46-47H2,1-7H3,(H2,48,58)(H,49,61)(H,50,62)(H,51,64)(H,52,63)(H,53,67)(H,54,65)(H,55,66)(H,59,60)(H,68,69)/t25-,28+,29+,30+,31+,32+,33+,36+,37+/m1/s1. The van der Waals surface area contributed by atoms with Gasteiger partial charge >= 0.3 is 11.9 Å². The normalized spacial score (nSPS) is 15.2. The number of hydrogen-bond acceptors (Lipinski definition) is 14. The minimum absolute atomic E-state index is 0.0319. The van der Waals surface area contributed by atoms with Crippen molar-refractivity contribution in [1.82, 2.24) is 37.2 Å². The molecule has 0 heterocycles. The van der Waals surface area contributed by atoms with Crippen LogP contribution in [0.15, 0.2) is 24.3 Å². The number of phenols is 1. The summed E-state index contributed by atoms with van der Waals surface area (Å²) >= 11 is 0. The molecule has 0 unspecified atom stereocenters. The maximum absolute atomic E-state index is 14.0. The van der Waals surface area contributed by atoms with Crippen LogP contribution in [-0.4, -0.2) is 141 Å². The van der Waals surface area contributed by atoms with Gasteiger partial charge in [-0.1, -0.05) is 60.1 Å². The van der Waals surface area contributed by atoms with Gasteiger partial charge in [0, 0.05) is 12.8 Å². The monoisotopic (exact) mass is 979 g/mol. The van der Waals surface area contributed by atoms with E-state index in [0.717, 1.165) is 6.92 Å². The minimum Gasteiger partial charge on any atom is -0.508 e. The van der Waals surface area contributed by atoms with Gasteiger partial charge in [0.1, 0.15) is 42.0 Å². The van der Waals surface area contributed by atoms with Gasteiger partial charge in [0.2, 0.25) is 47.3 Å². The largest absolute Gasteiger partial charge is 0.508 e. The topological polar surface area (TPSA) is 414 Å². The molecule has 0 aromatic heterocycles. The Morgan fingerprint density at radius 2 is 1.01 bits per heavy atom. The number of unbranched alkanes of at least 4 members (excludes halogenated alkanes) is 1. The van der Waals surface area contributed by atoms with Crippen molar-refractivity contribution in [3.63, 3.8) is 0 Å². The third kappa shape index (κ3) is 23.0. The first-order chi connectivity index (χ1) is 32.2. The van der Waals surface area contributed by atoms with Crippen LogP contribution in [0.1, 0.15) is 105 Å². The summed E-state index contributed by atoms with van der Waals surface area (Å²) in [5.74, 6) is -11.5. The Bertz CT molecular complexity index is 1910. The van der Waals surface area contributed by atoms with Crippen molar-refractivity contribution in [2.24, 2.45) is 35.0 Å².